The molecule has 1 saturated heterocycles. The zero-order chi connectivity index (χ0) is 20.0. The number of aromatic amines is 1. The van der Waals surface area contributed by atoms with Crippen molar-refractivity contribution in [3.05, 3.63) is 66.1 Å². The van der Waals surface area contributed by atoms with Crippen LogP contribution in [0.1, 0.15) is 24.2 Å². The zero-order valence-corrected chi connectivity index (χ0v) is 15.9. The first-order chi connectivity index (χ1) is 14.1. The van der Waals surface area contributed by atoms with E-state index in [2.05, 4.69) is 27.5 Å². The molecule has 2 aromatic heterocycles. The Morgan fingerprint density at radius 3 is 2.86 bits per heavy atom. The maximum atomic E-state index is 9.41. The Kier molecular flexibility index (Phi) is 3.95. The fourth-order valence-electron chi connectivity index (χ4n) is 4.05. The molecule has 1 fully saturated rings. The number of allylic oxidation sites excluding steroid dienone is 1. The Balaban J connectivity index is 1.61. The van der Waals surface area contributed by atoms with Gasteiger partial charge in [-0.15, -0.1) is 0 Å². The van der Waals surface area contributed by atoms with Gasteiger partial charge in [-0.25, -0.2) is 9.97 Å². The third kappa shape index (κ3) is 2.88. The van der Waals surface area contributed by atoms with Crippen LogP contribution in [0.25, 0.3) is 33.1 Å². The lowest BCUT2D eigenvalue weighted by Gasteiger charge is -2.16. The molecule has 0 spiro atoms. The number of hydrogen-bond donors (Lipinski definition) is 2. The lowest BCUT2D eigenvalue weighted by atomic mass is 9.99. The maximum Gasteiger partial charge on any atom is 0.150 e. The molecule has 6 heteroatoms. The van der Waals surface area contributed by atoms with Gasteiger partial charge in [-0.05, 0) is 42.2 Å². The molecule has 1 aliphatic rings. The normalized spacial score (nSPS) is 14.0. The lowest BCUT2D eigenvalue weighted by Crippen LogP contribution is -2.17. The largest absolute Gasteiger partial charge is 0.382 e. The van der Waals surface area contributed by atoms with Gasteiger partial charge in [-0.1, -0.05) is 30.8 Å². The van der Waals surface area contributed by atoms with Crippen molar-refractivity contribution in [2.24, 2.45) is 0 Å². The Morgan fingerprint density at radius 2 is 2.07 bits per heavy atom. The third-order valence-corrected chi connectivity index (χ3v) is 5.54. The van der Waals surface area contributed by atoms with Crippen LogP contribution in [-0.4, -0.2) is 26.4 Å². The van der Waals surface area contributed by atoms with Crippen molar-refractivity contribution >= 4 is 27.8 Å². The average molecular weight is 380 g/mol. The van der Waals surface area contributed by atoms with Gasteiger partial charge in [-0.2, -0.15) is 5.26 Å². The molecule has 1 aliphatic heterocycles. The Hall–Kier alpha value is -3.85. The second-order valence-corrected chi connectivity index (χ2v) is 7.38. The standard InChI is InChI=1S/C23H20N6/c1-14-5-4-10-29(14)13-20-27-21-18-9-8-15(17-7-3-2-6-16(17)12-24)11-19(18)26-23(25)22(21)28-20/h2-3,6-9,11H,1,4-5,10,13H2,(H2,25,26)(H,27,28). The molecule has 142 valence electrons. The summed E-state index contributed by atoms with van der Waals surface area (Å²) < 4.78 is 0. The highest BCUT2D eigenvalue weighted by Gasteiger charge is 2.18. The molecule has 3 N–H and O–H groups in total. The summed E-state index contributed by atoms with van der Waals surface area (Å²) in [5.41, 5.74) is 12.2. The zero-order valence-electron chi connectivity index (χ0n) is 15.9. The molecule has 5 rings (SSSR count). The number of benzene rings is 2. The highest BCUT2D eigenvalue weighted by molar-refractivity contribution is 6.07. The maximum absolute atomic E-state index is 9.41. The Labute approximate surface area is 168 Å². The topological polar surface area (TPSA) is 94.6 Å². The van der Waals surface area contributed by atoms with Gasteiger partial charge in [0.1, 0.15) is 22.7 Å². The van der Waals surface area contributed by atoms with E-state index in [-0.39, 0.29) is 0 Å². The fraction of sp³-hybridized carbons (Fsp3) is 0.174. The minimum atomic E-state index is 0.428. The van der Waals surface area contributed by atoms with Crippen LogP contribution >= 0.6 is 0 Å². The van der Waals surface area contributed by atoms with E-state index >= 15 is 0 Å². The van der Waals surface area contributed by atoms with Crippen molar-refractivity contribution in [2.45, 2.75) is 19.4 Å². The van der Waals surface area contributed by atoms with Crippen molar-refractivity contribution in [1.29, 1.82) is 5.26 Å². The highest BCUT2D eigenvalue weighted by Crippen LogP contribution is 2.31. The molecule has 0 bridgehead atoms. The fourth-order valence-corrected chi connectivity index (χ4v) is 4.05. The number of pyridine rings is 1. The van der Waals surface area contributed by atoms with Gasteiger partial charge in [0.2, 0.25) is 0 Å². The van der Waals surface area contributed by atoms with E-state index in [0.717, 1.165) is 64.0 Å². The summed E-state index contributed by atoms with van der Waals surface area (Å²) in [5, 5.41) is 10.3. The monoisotopic (exact) mass is 380 g/mol. The molecule has 0 unspecified atom stereocenters. The van der Waals surface area contributed by atoms with E-state index in [1.165, 1.54) is 0 Å². The highest BCUT2D eigenvalue weighted by atomic mass is 15.2. The Bertz CT molecular complexity index is 1310. The molecule has 0 amide bonds. The number of nitrogens with zero attached hydrogens (tertiary/aromatic N) is 4. The quantitative estimate of drug-likeness (QED) is 0.551. The number of nitrogen functional groups attached to an aromatic ring is 1. The predicted octanol–water partition coefficient (Wildman–Crippen LogP) is 4.34. The van der Waals surface area contributed by atoms with Gasteiger partial charge in [0.05, 0.1) is 23.7 Å². The smallest absolute Gasteiger partial charge is 0.150 e. The minimum absolute atomic E-state index is 0.428. The molecule has 29 heavy (non-hydrogen) atoms. The molecule has 2 aromatic carbocycles. The number of fused-ring (bicyclic) bond motifs is 3. The summed E-state index contributed by atoms with van der Waals surface area (Å²) in [4.78, 5) is 15.0. The van der Waals surface area contributed by atoms with E-state index in [9.17, 15) is 5.26 Å². The van der Waals surface area contributed by atoms with Crippen LogP contribution in [0.3, 0.4) is 0 Å². The van der Waals surface area contributed by atoms with Crippen LogP contribution in [0.5, 0.6) is 0 Å². The second kappa shape index (κ2) is 6.64. The SMILES string of the molecule is C=C1CCCN1Cc1nc2c([nH]1)c(N)nc1cc(-c3ccccc3C#N)ccc12. The third-order valence-electron chi connectivity index (χ3n) is 5.54. The number of nitrogens with two attached hydrogens (primary N) is 1. The molecule has 0 radical (unpaired) electrons. The molecule has 0 saturated carbocycles. The minimum Gasteiger partial charge on any atom is -0.382 e. The Morgan fingerprint density at radius 1 is 1.21 bits per heavy atom. The number of nitriles is 1. The number of anilines is 1. The number of rotatable bonds is 3. The van der Waals surface area contributed by atoms with E-state index in [0.29, 0.717) is 17.9 Å². The van der Waals surface area contributed by atoms with Gasteiger partial charge >= 0.3 is 0 Å². The summed E-state index contributed by atoms with van der Waals surface area (Å²) in [5.74, 6) is 1.29. The molecule has 0 aliphatic carbocycles. The van der Waals surface area contributed by atoms with Crippen LogP contribution in [0, 0.1) is 11.3 Å². The van der Waals surface area contributed by atoms with E-state index < -0.39 is 0 Å². The molecular weight excluding hydrogens is 360 g/mol. The first kappa shape index (κ1) is 17.3. The van der Waals surface area contributed by atoms with Crippen LogP contribution in [0.15, 0.2) is 54.7 Å². The summed E-state index contributed by atoms with van der Waals surface area (Å²) in [7, 11) is 0. The molecular formula is C23H20N6. The van der Waals surface area contributed by atoms with Gasteiger partial charge in [-0.3, -0.25) is 0 Å². The first-order valence-corrected chi connectivity index (χ1v) is 9.64. The number of likely N-dealkylation sites (tertiary alicyclic amines) is 1. The van der Waals surface area contributed by atoms with Crippen molar-refractivity contribution in [2.75, 3.05) is 12.3 Å². The summed E-state index contributed by atoms with van der Waals surface area (Å²) in [6.07, 6.45) is 2.18. The number of hydrogen-bond acceptors (Lipinski definition) is 5. The van der Waals surface area contributed by atoms with Crippen molar-refractivity contribution < 1.29 is 0 Å². The van der Waals surface area contributed by atoms with E-state index in [1.54, 1.807) is 0 Å². The van der Waals surface area contributed by atoms with Gasteiger partial charge in [0, 0.05) is 17.6 Å². The lowest BCUT2D eigenvalue weighted by molar-refractivity contribution is 0.378. The van der Waals surface area contributed by atoms with Crippen LogP contribution in [0.2, 0.25) is 0 Å². The molecule has 4 aromatic rings. The van der Waals surface area contributed by atoms with Gasteiger partial charge < -0.3 is 15.6 Å². The van der Waals surface area contributed by atoms with Crippen molar-refractivity contribution in [3.63, 3.8) is 0 Å². The van der Waals surface area contributed by atoms with Crippen molar-refractivity contribution in [1.82, 2.24) is 19.9 Å². The van der Waals surface area contributed by atoms with Crippen LogP contribution in [-0.2, 0) is 6.54 Å². The van der Waals surface area contributed by atoms with Crippen LogP contribution < -0.4 is 5.73 Å². The summed E-state index contributed by atoms with van der Waals surface area (Å²) >= 11 is 0. The van der Waals surface area contributed by atoms with Crippen molar-refractivity contribution in [3.8, 4) is 17.2 Å². The molecule has 6 nitrogen and oxygen atoms in total. The molecule has 0 atom stereocenters. The second-order valence-electron chi connectivity index (χ2n) is 7.38. The van der Waals surface area contributed by atoms with Gasteiger partial charge in [0.15, 0.2) is 0 Å². The number of aromatic nitrogens is 3. The first-order valence-electron chi connectivity index (χ1n) is 9.64. The van der Waals surface area contributed by atoms with E-state index in [1.807, 2.05) is 42.5 Å². The van der Waals surface area contributed by atoms with E-state index in [4.69, 9.17) is 10.7 Å². The molecule has 3 heterocycles. The summed E-state index contributed by atoms with van der Waals surface area (Å²) in [6.45, 7) is 5.83. The predicted molar refractivity (Wildman–Crippen MR) is 115 cm³/mol. The van der Waals surface area contributed by atoms with Crippen LogP contribution in [0.4, 0.5) is 5.82 Å². The number of H-pyrrole nitrogens is 1. The number of nitrogens with one attached hydrogen (secondary N) is 1. The number of imidazole rings is 1. The average Bonchev–Trinajstić information content (AvgIpc) is 3.35. The summed E-state index contributed by atoms with van der Waals surface area (Å²) in [6, 6.07) is 15.8. The van der Waals surface area contributed by atoms with Gasteiger partial charge in [0.25, 0.3) is 0 Å².